The summed E-state index contributed by atoms with van der Waals surface area (Å²) >= 11 is 3.35. The maximum absolute atomic E-state index is 4.66. The molecule has 0 saturated carbocycles. The van der Waals surface area contributed by atoms with E-state index in [4.69, 9.17) is 0 Å². The van der Waals surface area contributed by atoms with Crippen molar-refractivity contribution in [3.8, 4) is 45.4 Å². The van der Waals surface area contributed by atoms with E-state index in [1.165, 1.54) is 0 Å². The summed E-state index contributed by atoms with van der Waals surface area (Å²) in [6.07, 6.45) is 14.5. The zero-order valence-corrected chi connectivity index (χ0v) is 23.2. The third kappa shape index (κ3) is 6.29. The average Bonchev–Trinajstić information content (AvgIpc) is 3.74. The number of rotatable bonds is 5. The van der Waals surface area contributed by atoms with Gasteiger partial charge in [-0.3, -0.25) is 15.0 Å². The molecule has 7 rings (SSSR count). The van der Waals surface area contributed by atoms with Crippen LogP contribution in [0, 0.1) is 0 Å². The topological polar surface area (TPSA) is 100 Å². The highest BCUT2D eigenvalue weighted by Gasteiger charge is 2.07. The van der Waals surface area contributed by atoms with Gasteiger partial charge in [0.2, 0.25) is 0 Å². The monoisotopic (exact) mass is 599 g/mol. The zero-order valence-electron chi connectivity index (χ0n) is 21.6. The van der Waals surface area contributed by atoms with Crippen LogP contribution in [0.3, 0.4) is 0 Å². The second-order valence-corrected chi connectivity index (χ2v) is 9.53. The average molecular weight is 600 g/mol. The lowest BCUT2D eigenvalue weighted by atomic mass is 10.2. The minimum atomic E-state index is 0.758. The van der Waals surface area contributed by atoms with E-state index in [-0.39, 0.29) is 0 Å². The van der Waals surface area contributed by atoms with E-state index in [0.717, 1.165) is 50.0 Å². The van der Waals surface area contributed by atoms with E-state index in [9.17, 15) is 0 Å². The van der Waals surface area contributed by atoms with Crippen LogP contribution in [0.5, 0.6) is 0 Å². The second kappa shape index (κ2) is 12.2. The Bertz CT molecular complexity index is 1850. The lowest BCUT2D eigenvalue weighted by molar-refractivity contribution is 0.843. The summed E-state index contributed by atoms with van der Waals surface area (Å²) < 4.78 is 4.27. The van der Waals surface area contributed by atoms with Crippen LogP contribution in [0.4, 0.5) is 0 Å². The maximum Gasteiger partial charge on any atom is 0.154 e. The standard InChI is InChI=1S/C18H13N5.C13H9BrN4/c1-2-10-20-16(6-1)15-12-21-23(13-15)18-8-3-7-17(22-18)14-5-4-9-19-11-14;14-12-5-3-6-13(17-12)18-9-10(8-16-18)11-4-1-2-7-15-11/h1-13H;1-9H. The summed E-state index contributed by atoms with van der Waals surface area (Å²) in [5.74, 6) is 1.53. The molecule has 0 saturated heterocycles. The van der Waals surface area contributed by atoms with Crippen molar-refractivity contribution >= 4 is 15.9 Å². The SMILES string of the molecule is Brc1cccc(-n2cc(-c3ccccn3)cn2)n1.c1ccc(-c2cnn(-c3cccc(-c4cccnc4)n3)c2)nc1. The van der Waals surface area contributed by atoms with Crippen LogP contribution < -0.4 is 0 Å². The summed E-state index contributed by atoms with van der Waals surface area (Å²) in [5, 5.41) is 8.69. The van der Waals surface area contributed by atoms with Crippen molar-refractivity contribution in [2.75, 3.05) is 0 Å². The van der Waals surface area contributed by atoms with Crippen molar-refractivity contribution in [1.29, 1.82) is 0 Å². The van der Waals surface area contributed by atoms with E-state index in [1.54, 1.807) is 46.5 Å². The Morgan fingerprint density at radius 2 is 1.10 bits per heavy atom. The quantitative estimate of drug-likeness (QED) is 0.209. The van der Waals surface area contributed by atoms with Crippen LogP contribution >= 0.6 is 15.9 Å². The number of nitrogens with zero attached hydrogens (tertiary/aromatic N) is 9. The molecule has 0 aliphatic heterocycles. The van der Waals surface area contributed by atoms with Gasteiger partial charge in [-0.15, -0.1) is 0 Å². The van der Waals surface area contributed by atoms with Crippen LogP contribution in [0.1, 0.15) is 0 Å². The smallest absolute Gasteiger partial charge is 0.154 e. The van der Waals surface area contributed by atoms with Crippen LogP contribution in [0.15, 0.2) is 139 Å². The van der Waals surface area contributed by atoms with Gasteiger partial charge in [-0.05, 0) is 76.6 Å². The van der Waals surface area contributed by atoms with Crippen molar-refractivity contribution in [3.63, 3.8) is 0 Å². The Balaban J connectivity index is 0.000000152. The fraction of sp³-hybridized carbons (Fsp3) is 0. The normalized spacial score (nSPS) is 10.6. The predicted octanol–water partition coefficient (Wildman–Crippen LogP) is 6.48. The summed E-state index contributed by atoms with van der Waals surface area (Å²) in [6, 6.07) is 27.1. The highest BCUT2D eigenvalue weighted by Crippen LogP contribution is 2.20. The molecule has 198 valence electrons. The van der Waals surface area contributed by atoms with Crippen LogP contribution in [0.25, 0.3) is 45.4 Å². The molecule has 0 radical (unpaired) electrons. The van der Waals surface area contributed by atoms with Gasteiger partial charge in [0, 0.05) is 53.9 Å². The molecule has 0 amide bonds. The molecule has 0 fully saturated rings. The van der Waals surface area contributed by atoms with E-state index in [0.29, 0.717) is 0 Å². The molecule has 0 bridgehead atoms. The maximum atomic E-state index is 4.66. The van der Waals surface area contributed by atoms with Crippen molar-refractivity contribution in [2.45, 2.75) is 0 Å². The van der Waals surface area contributed by atoms with Gasteiger partial charge < -0.3 is 0 Å². The van der Waals surface area contributed by atoms with Gasteiger partial charge in [-0.2, -0.15) is 10.2 Å². The van der Waals surface area contributed by atoms with Gasteiger partial charge in [0.1, 0.15) is 4.60 Å². The largest absolute Gasteiger partial charge is 0.264 e. The molecule has 9 nitrogen and oxygen atoms in total. The third-order valence-electron chi connectivity index (χ3n) is 5.95. The fourth-order valence-electron chi connectivity index (χ4n) is 3.98. The minimum absolute atomic E-state index is 0.758. The molecule has 10 heteroatoms. The molecule has 0 atom stereocenters. The molecular formula is C31H22BrN9. The van der Waals surface area contributed by atoms with E-state index in [2.05, 4.69) is 51.0 Å². The predicted molar refractivity (Wildman–Crippen MR) is 160 cm³/mol. The van der Waals surface area contributed by atoms with E-state index in [1.807, 2.05) is 97.3 Å². The van der Waals surface area contributed by atoms with Gasteiger partial charge in [-0.1, -0.05) is 24.3 Å². The fourth-order valence-corrected chi connectivity index (χ4v) is 4.31. The number of halogens is 1. The Morgan fingerprint density at radius 1 is 0.488 bits per heavy atom. The molecule has 0 unspecified atom stereocenters. The van der Waals surface area contributed by atoms with Crippen molar-refractivity contribution in [1.82, 2.24) is 44.5 Å². The minimum Gasteiger partial charge on any atom is -0.264 e. The molecule has 0 aromatic carbocycles. The number of hydrogen-bond donors (Lipinski definition) is 0. The first-order valence-corrected chi connectivity index (χ1v) is 13.5. The molecule has 0 aliphatic carbocycles. The summed E-state index contributed by atoms with van der Waals surface area (Å²) in [7, 11) is 0. The summed E-state index contributed by atoms with van der Waals surface area (Å²) in [5.41, 5.74) is 5.56. The highest BCUT2D eigenvalue weighted by molar-refractivity contribution is 9.10. The Morgan fingerprint density at radius 3 is 1.66 bits per heavy atom. The molecule has 0 aliphatic rings. The molecule has 7 aromatic heterocycles. The first kappa shape index (κ1) is 25.9. The van der Waals surface area contributed by atoms with Gasteiger partial charge in [0.05, 0.1) is 29.5 Å². The molecule has 0 spiro atoms. The van der Waals surface area contributed by atoms with Crippen LogP contribution in [-0.2, 0) is 0 Å². The van der Waals surface area contributed by atoms with E-state index >= 15 is 0 Å². The molecule has 7 aromatic rings. The summed E-state index contributed by atoms with van der Waals surface area (Å²) in [4.78, 5) is 21.8. The number of pyridine rings is 5. The van der Waals surface area contributed by atoms with Crippen LogP contribution in [-0.4, -0.2) is 44.5 Å². The lowest BCUT2D eigenvalue weighted by Crippen LogP contribution is -1.98. The zero-order chi connectivity index (χ0) is 27.9. The van der Waals surface area contributed by atoms with Crippen LogP contribution in [0.2, 0.25) is 0 Å². The van der Waals surface area contributed by atoms with Gasteiger partial charge in [0.15, 0.2) is 11.6 Å². The van der Waals surface area contributed by atoms with Crippen molar-refractivity contribution in [2.24, 2.45) is 0 Å². The van der Waals surface area contributed by atoms with Gasteiger partial charge in [0.25, 0.3) is 0 Å². The molecular weight excluding hydrogens is 578 g/mol. The lowest BCUT2D eigenvalue weighted by Gasteiger charge is -2.04. The second-order valence-electron chi connectivity index (χ2n) is 8.72. The Hall–Kier alpha value is -5.35. The molecule has 0 N–H and O–H groups in total. The first-order valence-electron chi connectivity index (χ1n) is 12.7. The van der Waals surface area contributed by atoms with Crippen molar-refractivity contribution < 1.29 is 0 Å². The summed E-state index contributed by atoms with van der Waals surface area (Å²) in [6.45, 7) is 0. The van der Waals surface area contributed by atoms with Crippen molar-refractivity contribution in [3.05, 3.63) is 139 Å². The third-order valence-corrected chi connectivity index (χ3v) is 6.39. The molecule has 7 heterocycles. The number of hydrogen-bond acceptors (Lipinski definition) is 7. The Kier molecular flexibility index (Phi) is 7.72. The number of aromatic nitrogens is 9. The highest BCUT2D eigenvalue weighted by atomic mass is 79.9. The van der Waals surface area contributed by atoms with Gasteiger partial charge in [-0.25, -0.2) is 19.3 Å². The van der Waals surface area contributed by atoms with Gasteiger partial charge >= 0.3 is 0 Å². The molecule has 41 heavy (non-hydrogen) atoms. The Labute approximate surface area is 244 Å². The first-order chi connectivity index (χ1) is 20.2. The van der Waals surface area contributed by atoms with E-state index < -0.39 is 0 Å².